The molecule has 6 rings (SSSR count). The smallest absolute Gasteiger partial charge is 0.132 e. The van der Waals surface area contributed by atoms with Crippen molar-refractivity contribution in [3.05, 3.63) is 156 Å². The predicted molar refractivity (Wildman–Crippen MR) is 176 cm³/mol. The number of nitrogens with zero attached hydrogens (tertiary/aromatic N) is 2. The van der Waals surface area contributed by atoms with Gasteiger partial charge in [-0.15, -0.1) is 0 Å². The fourth-order valence-corrected chi connectivity index (χ4v) is 4.77. The monoisotopic (exact) mass is 656 g/mol. The van der Waals surface area contributed by atoms with Crippen LogP contribution in [0.2, 0.25) is 0 Å². The van der Waals surface area contributed by atoms with Crippen molar-refractivity contribution in [2.45, 2.75) is 25.9 Å². The molecule has 6 aromatic rings. The first kappa shape index (κ1) is 31.4. The van der Waals surface area contributed by atoms with Gasteiger partial charge in [0.25, 0.3) is 0 Å². The number of phenols is 2. The van der Waals surface area contributed by atoms with Crippen LogP contribution in [0.3, 0.4) is 0 Å². The SMILES string of the molecule is C[C@H](N=Cc1ccc2ccccc2c1O)c1ccccc1.C[C@H](N=Cc1ccc2ccccc2c1O)c1ccccc1.[Pd]. The van der Waals surface area contributed by atoms with E-state index in [-0.39, 0.29) is 44.0 Å². The summed E-state index contributed by atoms with van der Waals surface area (Å²) in [4.78, 5) is 9.09. The molecule has 0 fully saturated rings. The number of aromatic hydroxyl groups is 2. The fourth-order valence-electron chi connectivity index (χ4n) is 4.77. The fraction of sp³-hybridized carbons (Fsp3) is 0.105. The van der Waals surface area contributed by atoms with Crippen LogP contribution in [0.25, 0.3) is 21.5 Å². The van der Waals surface area contributed by atoms with Gasteiger partial charge in [-0.3, -0.25) is 9.98 Å². The quantitative estimate of drug-likeness (QED) is 0.139. The minimum Gasteiger partial charge on any atom is -0.507 e. The summed E-state index contributed by atoms with van der Waals surface area (Å²) in [5.74, 6) is 0.578. The number of fused-ring (bicyclic) bond motifs is 2. The third kappa shape index (κ3) is 7.84. The number of hydrogen-bond acceptors (Lipinski definition) is 4. The Labute approximate surface area is 266 Å². The maximum absolute atomic E-state index is 10.3. The second-order valence-electron chi connectivity index (χ2n) is 10.2. The molecule has 43 heavy (non-hydrogen) atoms. The van der Waals surface area contributed by atoms with Crippen LogP contribution in [0, 0.1) is 0 Å². The second kappa shape index (κ2) is 15.1. The maximum atomic E-state index is 10.3. The Kier molecular flexibility index (Phi) is 11.0. The van der Waals surface area contributed by atoms with E-state index in [2.05, 4.69) is 34.3 Å². The Hall–Kier alpha value is -4.56. The number of aliphatic imine (C=N–C) groups is 2. The molecule has 0 radical (unpaired) electrons. The molecule has 0 unspecified atom stereocenters. The average molecular weight is 657 g/mol. The molecule has 0 spiro atoms. The zero-order valence-electron chi connectivity index (χ0n) is 24.1. The molecular weight excluding hydrogens is 623 g/mol. The van der Waals surface area contributed by atoms with Crippen LogP contribution in [0.5, 0.6) is 11.5 Å². The van der Waals surface area contributed by atoms with Crippen LogP contribution < -0.4 is 0 Å². The van der Waals surface area contributed by atoms with Crippen LogP contribution in [0.15, 0.2) is 143 Å². The molecule has 2 atom stereocenters. The van der Waals surface area contributed by atoms with Gasteiger partial charge < -0.3 is 10.2 Å². The van der Waals surface area contributed by atoms with Crippen LogP contribution in [-0.2, 0) is 20.4 Å². The van der Waals surface area contributed by atoms with E-state index < -0.39 is 0 Å². The molecule has 6 aromatic carbocycles. The van der Waals surface area contributed by atoms with Gasteiger partial charge in [0, 0.05) is 54.8 Å². The molecule has 0 aliphatic carbocycles. The Morgan fingerprint density at radius 1 is 0.465 bits per heavy atom. The summed E-state index contributed by atoms with van der Waals surface area (Å²) in [6, 6.07) is 43.8. The van der Waals surface area contributed by atoms with E-state index >= 15 is 0 Å². The van der Waals surface area contributed by atoms with Gasteiger partial charge in [0.2, 0.25) is 0 Å². The predicted octanol–water partition coefficient (Wildman–Crippen LogP) is 9.45. The summed E-state index contributed by atoms with van der Waals surface area (Å²) in [7, 11) is 0. The van der Waals surface area contributed by atoms with Gasteiger partial charge in [-0.05, 0) is 47.9 Å². The van der Waals surface area contributed by atoms with Crippen LogP contribution >= 0.6 is 0 Å². The van der Waals surface area contributed by atoms with Gasteiger partial charge in [0.05, 0.1) is 12.1 Å². The van der Waals surface area contributed by atoms with E-state index in [1.807, 2.05) is 123 Å². The molecule has 0 amide bonds. The van der Waals surface area contributed by atoms with Crippen molar-refractivity contribution in [3.8, 4) is 11.5 Å². The number of rotatable bonds is 6. The minimum atomic E-state index is 0. The summed E-state index contributed by atoms with van der Waals surface area (Å²) in [5.41, 5.74) is 3.82. The number of benzene rings is 6. The molecule has 0 aliphatic rings. The standard InChI is InChI=1S/2C19H17NO.Pd/c2*1-14(15-7-3-2-4-8-15)20-13-17-12-11-16-9-5-6-10-18(16)19(17)21;/h2*2-14,21H,1H3;/t2*14-;/m00./s1. The van der Waals surface area contributed by atoms with Crippen LogP contribution in [-0.4, -0.2) is 22.6 Å². The summed E-state index contributed by atoms with van der Waals surface area (Å²) in [6.07, 6.45) is 3.50. The van der Waals surface area contributed by atoms with Gasteiger partial charge >= 0.3 is 0 Å². The van der Waals surface area contributed by atoms with Crippen molar-refractivity contribution in [1.29, 1.82) is 0 Å². The van der Waals surface area contributed by atoms with E-state index in [0.717, 1.165) is 43.8 Å². The Bertz CT molecular complexity index is 1700. The van der Waals surface area contributed by atoms with E-state index in [1.165, 1.54) is 0 Å². The molecule has 218 valence electrons. The normalized spacial score (nSPS) is 12.5. The van der Waals surface area contributed by atoms with Crippen molar-refractivity contribution in [2.75, 3.05) is 0 Å². The zero-order valence-corrected chi connectivity index (χ0v) is 25.7. The zero-order chi connectivity index (χ0) is 29.3. The first-order valence-electron chi connectivity index (χ1n) is 14.1. The number of phenolic OH excluding ortho intramolecular Hbond substituents is 2. The Morgan fingerprint density at radius 2 is 0.814 bits per heavy atom. The number of hydrogen-bond donors (Lipinski definition) is 2. The summed E-state index contributed by atoms with van der Waals surface area (Å²) < 4.78 is 0. The van der Waals surface area contributed by atoms with Gasteiger partial charge in [-0.1, -0.05) is 121 Å². The molecule has 0 aromatic heterocycles. The van der Waals surface area contributed by atoms with Gasteiger partial charge in [0.1, 0.15) is 11.5 Å². The van der Waals surface area contributed by atoms with E-state index in [9.17, 15) is 10.2 Å². The summed E-state index contributed by atoms with van der Waals surface area (Å²) in [6.45, 7) is 4.09. The van der Waals surface area contributed by atoms with E-state index in [1.54, 1.807) is 12.4 Å². The largest absolute Gasteiger partial charge is 0.507 e. The average Bonchev–Trinajstić information content (AvgIpc) is 3.05. The third-order valence-corrected chi connectivity index (χ3v) is 7.30. The summed E-state index contributed by atoms with van der Waals surface area (Å²) >= 11 is 0. The van der Waals surface area contributed by atoms with Crippen molar-refractivity contribution in [3.63, 3.8) is 0 Å². The van der Waals surface area contributed by atoms with Crippen molar-refractivity contribution in [1.82, 2.24) is 0 Å². The van der Waals surface area contributed by atoms with E-state index in [0.29, 0.717) is 0 Å². The van der Waals surface area contributed by atoms with Crippen molar-refractivity contribution >= 4 is 34.0 Å². The third-order valence-electron chi connectivity index (χ3n) is 7.30. The van der Waals surface area contributed by atoms with Gasteiger partial charge in [0.15, 0.2) is 0 Å². The van der Waals surface area contributed by atoms with Gasteiger partial charge in [-0.2, -0.15) is 0 Å². The van der Waals surface area contributed by atoms with E-state index in [4.69, 9.17) is 0 Å². The van der Waals surface area contributed by atoms with Gasteiger partial charge in [-0.25, -0.2) is 0 Å². The summed E-state index contributed by atoms with van der Waals surface area (Å²) in [5, 5.41) is 24.5. The molecule has 0 aliphatic heterocycles. The molecule has 0 saturated carbocycles. The van der Waals surface area contributed by atoms with Crippen molar-refractivity contribution in [2.24, 2.45) is 9.98 Å². The molecular formula is C38H34N2O2Pd. The minimum absolute atomic E-state index is 0. The Morgan fingerprint density at radius 3 is 1.21 bits per heavy atom. The molecule has 2 N–H and O–H groups in total. The molecule has 4 nitrogen and oxygen atoms in total. The second-order valence-corrected chi connectivity index (χ2v) is 10.2. The first-order chi connectivity index (χ1) is 20.5. The van der Waals surface area contributed by atoms with Crippen LogP contribution in [0.1, 0.15) is 48.2 Å². The first-order valence-corrected chi connectivity index (χ1v) is 14.1. The Balaban J connectivity index is 0.000000192. The maximum Gasteiger partial charge on any atom is 0.132 e. The van der Waals surface area contributed by atoms with Crippen LogP contribution in [0.4, 0.5) is 0 Å². The molecule has 5 heteroatoms. The molecule has 0 heterocycles. The molecule has 0 bridgehead atoms. The topological polar surface area (TPSA) is 65.2 Å². The molecule has 0 saturated heterocycles. The van der Waals surface area contributed by atoms with Crippen molar-refractivity contribution < 1.29 is 30.6 Å².